The fourth-order valence-corrected chi connectivity index (χ4v) is 7.43. The average molecular weight is 744 g/mol. The lowest BCUT2D eigenvalue weighted by Gasteiger charge is -2.21. The van der Waals surface area contributed by atoms with E-state index in [-0.39, 0.29) is 10.8 Å². The summed E-state index contributed by atoms with van der Waals surface area (Å²) in [6, 6.07) is 48.9. The highest BCUT2D eigenvalue weighted by Gasteiger charge is 2.20. The third-order valence-corrected chi connectivity index (χ3v) is 10.6. The molecule has 0 spiro atoms. The third kappa shape index (κ3) is 7.11. The molecule has 0 aliphatic heterocycles. The molecule has 6 heteroatoms. The van der Waals surface area contributed by atoms with Crippen LogP contribution in [0.15, 0.2) is 164 Å². The largest absolute Gasteiger partial charge is 0.458 e. The second-order valence-electron chi connectivity index (χ2n) is 16.7. The van der Waals surface area contributed by atoms with Gasteiger partial charge in [-0.05, 0) is 98.8 Å². The van der Waals surface area contributed by atoms with Gasteiger partial charge in [-0.2, -0.15) is 0 Å². The first-order valence-corrected chi connectivity index (χ1v) is 19.5. The molecule has 0 bridgehead atoms. The Kier molecular flexibility index (Phi) is 8.85. The van der Waals surface area contributed by atoms with E-state index in [9.17, 15) is 0 Å². The molecular formula is C51H45N5O. The minimum Gasteiger partial charge on any atom is -0.458 e. The van der Waals surface area contributed by atoms with Gasteiger partial charge < -0.3 is 4.74 Å². The lowest BCUT2D eigenvalue weighted by atomic mass is 9.85. The first kappa shape index (κ1) is 35.9. The van der Waals surface area contributed by atoms with Crippen LogP contribution in [-0.2, 0) is 10.8 Å². The molecule has 4 heterocycles. The van der Waals surface area contributed by atoms with E-state index >= 15 is 0 Å². The van der Waals surface area contributed by atoms with Crippen molar-refractivity contribution in [2.75, 3.05) is 0 Å². The summed E-state index contributed by atoms with van der Waals surface area (Å²) < 4.78 is 12.8. The summed E-state index contributed by atoms with van der Waals surface area (Å²) in [5.74, 6) is 2.97. The molecule has 6 nitrogen and oxygen atoms in total. The first-order valence-electron chi connectivity index (χ1n) is 19.5. The van der Waals surface area contributed by atoms with Crippen molar-refractivity contribution in [3.05, 3.63) is 182 Å². The van der Waals surface area contributed by atoms with Gasteiger partial charge in [0.2, 0.25) is 0 Å². The molecule has 280 valence electrons. The number of benzene rings is 5. The fraction of sp³-hybridized carbons (Fsp3) is 0.157. The van der Waals surface area contributed by atoms with Crippen LogP contribution in [0.1, 0.15) is 52.7 Å². The van der Waals surface area contributed by atoms with Gasteiger partial charge in [-0.1, -0.05) is 114 Å². The van der Waals surface area contributed by atoms with E-state index in [2.05, 4.69) is 174 Å². The molecule has 0 aliphatic carbocycles. The highest BCUT2D eigenvalue weighted by molar-refractivity contribution is 6.10. The Morgan fingerprint density at radius 1 is 0.526 bits per heavy atom. The summed E-state index contributed by atoms with van der Waals surface area (Å²) in [5, 5.41) is 2.29. The molecule has 4 aromatic heterocycles. The SMILES string of the molecule is CC(C)(C)c1cc(-c2ccccc2)cc(-[n+]2[c-]n(-c3cc(Oc4ccc5c6cc(-c7ccccc7)ccc6n(-c6cc(C(C)(C)C)ccn6)c5c4)ccn3)cc2)c1. The monoisotopic (exact) mass is 743 g/mol. The van der Waals surface area contributed by atoms with Crippen LogP contribution < -0.4 is 9.30 Å². The average Bonchev–Trinajstić information content (AvgIpc) is 3.84. The molecule has 0 amide bonds. The van der Waals surface area contributed by atoms with Crippen LogP contribution in [0.2, 0.25) is 0 Å². The number of fused-ring (bicyclic) bond motifs is 3. The molecule has 0 N–H and O–H groups in total. The van der Waals surface area contributed by atoms with Gasteiger partial charge in [0.25, 0.3) is 6.33 Å². The topological polar surface area (TPSA) is 48.8 Å². The summed E-state index contributed by atoms with van der Waals surface area (Å²) in [6.45, 7) is 13.4. The number of hydrogen-bond donors (Lipinski definition) is 0. The number of pyridine rings is 2. The van der Waals surface area contributed by atoms with Gasteiger partial charge in [-0.25, -0.2) is 4.98 Å². The maximum absolute atomic E-state index is 6.61. The molecule has 0 saturated carbocycles. The molecule has 9 rings (SSSR count). The zero-order valence-electron chi connectivity index (χ0n) is 33.2. The van der Waals surface area contributed by atoms with Gasteiger partial charge >= 0.3 is 0 Å². The maximum Gasteiger partial charge on any atom is 0.270 e. The first-order chi connectivity index (χ1) is 27.5. The standard InChI is InChI=1S/C51H45N5O/c1-50(2,3)39-21-23-53-49(31-39)56-46-20-17-37(35-13-9-7-10-14-35)29-45(46)44-19-18-42(32-47(44)56)57-43-22-24-52-48(33-43)55-26-25-54(34-55)41-28-38(36-15-11-8-12-16-36)27-40(30-41)51(4,5)6/h7-33H,1-6H3. The van der Waals surface area contributed by atoms with Crippen molar-refractivity contribution in [3.63, 3.8) is 0 Å². The highest BCUT2D eigenvalue weighted by Crippen LogP contribution is 2.38. The summed E-state index contributed by atoms with van der Waals surface area (Å²) in [5.41, 5.74) is 10.3. The van der Waals surface area contributed by atoms with Crippen molar-refractivity contribution < 1.29 is 9.30 Å². The van der Waals surface area contributed by atoms with Crippen LogP contribution >= 0.6 is 0 Å². The summed E-state index contributed by atoms with van der Waals surface area (Å²) in [7, 11) is 0. The van der Waals surface area contributed by atoms with Crippen molar-refractivity contribution in [2.45, 2.75) is 52.4 Å². The van der Waals surface area contributed by atoms with Crippen LogP contribution in [-0.4, -0.2) is 19.1 Å². The predicted octanol–water partition coefficient (Wildman–Crippen LogP) is 12.2. The van der Waals surface area contributed by atoms with E-state index in [1.807, 2.05) is 45.9 Å². The second kappa shape index (κ2) is 14.1. The Labute approximate surface area is 334 Å². The van der Waals surface area contributed by atoms with Crippen LogP contribution in [0, 0.1) is 6.33 Å². The Morgan fingerprint density at radius 2 is 1.21 bits per heavy atom. The Morgan fingerprint density at radius 3 is 1.95 bits per heavy atom. The highest BCUT2D eigenvalue weighted by atomic mass is 16.5. The number of ether oxygens (including phenoxy) is 1. The summed E-state index contributed by atoms with van der Waals surface area (Å²) in [4.78, 5) is 9.60. The lowest BCUT2D eigenvalue weighted by Crippen LogP contribution is -2.29. The van der Waals surface area contributed by atoms with Gasteiger partial charge in [-0.3, -0.25) is 18.7 Å². The van der Waals surface area contributed by atoms with Crippen molar-refractivity contribution in [3.8, 4) is 51.1 Å². The van der Waals surface area contributed by atoms with E-state index in [0.717, 1.165) is 39.1 Å². The van der Waals surface area contributed by atoms with E-state index in [1.165, 1.54) is 33.4 Å². The Bertz CT molecular complexity index is 2890. The quantitative estimate of drug-likeness (QED) is 0.121. The van der Waals surface area contributed by atoms with Crippen LogP contribution in [0.4, 0.5) is 0 Å². The minimum absolute atomic E-state index is 0.0225. The molecule has 0 fully saturated rings. The minimum atomic E-state index is -0.0256. The molecular weight excluding hydrogens is 699 g/mol. The zero-order chi connectivity index (χ0) is 39.3. The fourth-order valence-electron chi connectivity index (χ4n) is 7.43. The smallest absolute Gasteiger partial charge is 0.270 e. The van der Waals surface area contributed by atoms with Crippen LogP contribution in [0.25, 0.3) is 61.4 Å². The van der Waals surface area contributed by atoms with E-state index in [4.69, 9.17) is 14.7 Å². The molecule has 0 aliphatic rings. The van der Waals surface area contributed by atoms with Crippen molar-refractivity contribution >= 4 is 21.8 Å². The number of aromatic nitrogens is 5. The van der Waals surface area contributed by atoms with Crippen molar-refractivity contribution in [2.24, 2.45) is 0 Å². The molecule has 0 unspecified atom stereocenters. The molecule has 0 saturated heterocycles. The van der Waals surface area contributed by atoms with Crippen LogP contribution in [0.3, 0.4) is 0 Å². The Hall–Kier alpha value is -6.79. The molecule has 0 radical (unpaired) electrons. The van der Waals surface area contributed by atoms with Gasteiger partial charge in [0.05, 0.1) is 16.7 Å². The summed E-state index contributed by atoms with van der Waals surface area (Å²) in [6.07, 6.45) is 11.2. The Balaban J connectivity index is 1.08. The van der Waals surface area contributed by atoms with Gasteiger partial charge in [0.15, 0.2) is 5.82 Å². The van der Waals surface area contributed by atoms with Gasteiger partial charge in [0.1, 0.15) is 17.3 Å². The van der Waals surface area contributed by atoms with Gasteiger partial charge in [0, 0.05) is 47.7 Å². The normalized spacial score (nSPS) is 12.0. The molecule has 5 aromatic carbocycles. The van der Waals surface area contributed by atoms with E-state index < -0.39 is 0 Å². The zero-order valence-corrected chi connectivity index (χ0v) is 33.2. The third-order valence-electron chi connectivity index (χ3n) is 10.6. The number of imidazole rings is 1. The van der Waals surface area contributed by atoms with Crippen molar-refractivity contribution in [1.29, 1.82) is 0 Å². The van der Waals surface area contributed by atoms with E-state index in [0.29, 0.717) is 11.6 Å². The molecule has 9 aromatic rings. The second-order valence-corrected chi connectivity index (χ2v) is 16.7. The summed E-state index contributed by atoms with van der Waals surface area (Å²) >= 11 is 0. The number of rotatable bonds is 7. The molecule has 57 heavy (non-hydrogen) atoms. The molecule has 0 atom stereocenters. The maximum atomic E-state index is 6.61. The van der Waals surface area contributed by atoms with E-state index in [1.54, 1.807) is 6.20 Å². The predicted molar refractivity (Wildman–Crippen MR) is 231 cm³/mol. The van der Waals surface area contributed by atoms with Gasteiger partial charge in [-0.15, -0.1) is 0 Å². The lowest BCUT2D eigenvalue weighted by molar-refractivity contribution is -0.599. The number of hydrogen-bond acceptors (Lipinski definition) is 3. The van der Waals surface area contributed by atoms with Crippen molar-refractivity contribution in [1.82, 2.24) is 19.1 Å². The van der Waals surface area contributed by atoms with Crippen LogP contribution in [0.5, 0.6) is 11.5 Å². The number of nitrogens with zero attached hydrogens (tertiary/aromatic N) is 5.